The van der Waals surface area contributed by atoms with E-state index in [0.29, 0.717) is 11.1 Å². The van der Waals surface area contributed by atoms with Gasteiger partial charge in [-0.05, 0) is 37.7 Å². The van der Waals surface area contributed by atoms with Crippen LogP contribution in [0.5, 0.6) is 0 Å². The summed E-state index contributed by atoms with van der Waals surface area (Å²) in [7, 11) is 0. The van der Waals surface area contributed by atoms with E-state index in [1.54, 1.807) is 19.1 Å². The normalized spacial score (nSPS) is 14.8. The van der Waals surface area contributed by atoms with Crippen LogP contribution >= 0.6 is 0 Å². The highest BCUT2D eigenvalue weighted by molar-refractivity contribution is 5.81. The van der Waals surface area contributed by atoms with Crippen molar-refractivity contribution in [3.63, 3.8) is 0 Å². The number of rotatable bonds is 6. The fourth-order valence-corrected chi connectivity index (χ4v) is 2.47. The predicted octanol–water partition coefficient (Wildman–Crippen LogP) is 7.29. The molecule has 0 saturated heterocycles. The number of hydrogen-bond acceptors (Lipinski definition) is 3. The van der Waals surface area contributed by atoms with Gasteiger partial charge in [0.15, 0.2) is 0 Å². The third-order valence-electron chi connectivity index (χ3n) is 4.10. The number of aromatic nitrogens is 2. The zero-order valence-corrected chi connectivity index (χ0v) is 16.8. The smallest absolute Gasteiger partial charge is 0.351 e. The number of nitrogens with one attached hydrogen (secondary N) is 1. The molecule has 1 aliphatic rings. The number of allylic oxidation sites excluding steroid dienone is 5. The molecule has 1 aliphatic carbocycles. The molecule has 6 heteroatoms. The van der Waals surface area contributed by atoms with Crippen molar-refractivity contribution in [2.75, 3.05) is 5.32 Å². The van der Waals surface area contributed by atoms with Gasteiger partial charge in [-0.1, -0.05) is 59.9 Å². The van der Waals surface area contributed by atoms with Crippen LogP contribution in [-0.2, 0) is 6.18 Å². The van der Waals surface area contributed by atoms with Gasteiger partial charge in [0.25, 0.3) is 0 Å². The first-order valence-electron chi connectivity index (χ1n) is 9.47. The van der Waals surface area contributed by atoms with E-state index in [-0.39, 0.29) is 31.0 Å². The molecule has 3 nitrogen and oxygen atoms in total. The molecule has 0 spiro atoms. The lowest BCUT2D eigenvalue weighted by Gasteiger charge is -2.26. The molecule has 2 rings (SSSR count). The first kappa shape index (κ1) is 25.9. The summed E-state index contributed by atoms with van der Waals surface area (Å²) in [6.07, 6.45) is 4.65. The Morgan fingerprint density at radius 1 is 1.29 bits per heavy atom. The van der Waals surface area contributed by atoms with Crippen LogP contribution in [0.1, 0.15) is 72.6 Å². The maximum atomic E-state index is 13.4. The Labute approximate surface area is 167 Å². The molecule has 0 bridgehead atoms. The molecule has 1 N–H and O–H groups in total. The average molecular weight is 398 g/mol. The van der Waals surface area contributed by atoms with Crippen molar-refractivity contribution in [1.82, 2.24) is 9.97 Å². The summed E-state index contributed by atoms with van der Waals surface area (Å²) in [5.41, 5.74) is -0.123. The Kier molecular flexibility index (Phi) is 10.8. The first-order chi connectivity index (χ1) is 12.7. The summed E-state index contributed by atoms with van der Waals surface area (Å²) >= 11 is 0. The Morgan fingerprint density at radius 2 is 1.89 bits per heavy atom. The topological polar surface area (TPSA) is 37.8 Å². The SMILES string of the molecule is C.C=C(/C=C\C(C)C)/C(=C\C)c1nc(NC2CCC2)ncc1C(F)(F)F.CC. The third-order valence-corrected chi connectivity index (χ3v) is 4.10. The van der Waals surface area contributed by atoms with Crippen LogP contribution in [0.4, 0.5) is 19.1 Å². The molecule has 158 valence electrons. The molecule has 1 saturated carbocycles. The van der Waals surface area contributed by atoms with Crippen LogP contribution in [0.2, 0.25) is 0 Å². The van der Waals surface area contributed by atoms with Crippen molar-refractivity contribution in [3.05, 3.63) is 47.8 Å². The van der Waals surface area contributed by atoms with E-state index in [4.69, 9.17) is 0 Å². The monoisotopic (exact) mass is 397 g/mol. The van der Waals surface area contributed by atoms with Crippen molar-refractivity contribution in [2.45, 2.75) is 73.5 Å². The Bertz CT molecular complexity index is 685. The van der Waals surface area contributed by atoms with Gasteiger partial charge in [-0.15, -0.1) is 0 Å². The van der Waals surface area contributed by atoms with E-state index in [0.717, 1.165) is 25.5 Å². The molecule has 0 atom stereocenters. The zero-order chi connectivity index (χ0) is 20.6. The molecular weight excluding hydrogens is 363 g/mol. The minimum Gasteiger partial charge on any atom is -0.351 e. The second-order valence-corrected chi connectivity index (χ2v) is 6.56. The standard InChI is InChI=1S/C19H24F3N3.C2H6.CH4/c1-5-15(13(4)10-9-12(2)3)17-16(19(20,21)22)11-23-18(25-17)24-14-7-6-8-14;1-2;/h5,9-12,14H,4,6-8H2,1-3H3,(H,23,24,25);1-2H3;1H4/b10-9-,15-5+;;. The Morgan fingerprint density at radius 3 is 2.32 bits per heavy atom. The van der Waals surface area contributed by atoms with Crippen LogP contribution in [0, 0.1) is 5.92 Å². The van der Waals surface area contributed by atoms with E-state index in [2.05, 4.69) is 21.9 Å². The van der Waals surface area contributed by atoms with Crippen molar-refractivity contribution in [3.8, 4) is 0 Å². The number of alkyl halides is 3. The van der Waals surface area contributed by atoms with Crippen LogP contribution in [0.3, 0.4) is 0 Å². The molecule has 28 heavy (non-hydrogen) atoms. The van der Waals surface area contributed by atoms with Crippen molar-refractivity contribution < 1.29 is 13.2 Å². The summed E-state index contributed by atoms with van der Waals surface area (Å²) in [5, 5.41) is 3.10. The molecule has 0 unspecified atom stereocenters. The maximum absolute atomic E-state index is 13.4. The van der Waals surface area contributed by atoms with Crippen molar-refractivity contribution >= 4 is 11.5 Å². The molecule has 0 aromatic carbocycles. The lowest BCUT2D eigenvalue weighted by Crippen LogP contribution is -2.28. The predicted molar refractivity (Wildman–Crippen MR) is 113 cm³/mol. The van der Waals surface area contributed by atoms with E-state index in [1.165, 1.54) is 0 Å². The van der Waals surface area contributed by atoms with Crippen LogP contribution < -0.4 is 5.32 Å². The van der Waals surface area contributed by atoms with E-state index in [9.17, 15) is 13.2 Å². The molecular formula is C22H34F3N3. The Hall–Kier alpha value is -2.11. The molecule has 0 radical (unpaired) electrons. The fraction of sp³-hybridized carbons (Fsp3) is 0.545. The first-order valence-corrected chi connectivity index (χ1v) is 9.47. The minimum absolute atomic E-state index is 0. The molecule has 1 aromatic rings. The van der Waals surface area contributed by atoms with E-state index >= 15 is 0 Å². The van der Waals surface area contributed by atoms with Gasteiger partial charge in [0.1, 0.15) is 5.56 Å². The molecule has 0 aliphatic heterocycles. The van der Waals surface area contributed by atoms with Gasteiger partial charge in [-0.3, -0.25) is 0 Å². The number of anilines is 1. The average Bonchev–Trinajstić information content (AvgIpc) is 2.58. The lowest BCUT2D eigenvalue weighted by molar-refractivity contribution is -0.138. The summed E-state index contributed by atoms with van der Waals surface area (Å²) in [5.74, 6) is 0.505. The summed E-state index contributed by atoms with van der Waals surface area (Å²) < 4.78 is 40.3. The van der Waals surface area contributed by atoms with Crippen LogP contribution in [0.25, 0.3) is 5.57 Å². The summed E-state index contributed by atoms with van der Waals surface area (Å²) in [6, 6.07) is 0.239. The fourth-order valence-electron chi connectivity index (χ4n) is 2.47. The third kappa shape index (κ3) is 7.13. The van der Waals surface area contributed by atoms with Crippen molar-refractivity contribution in [2.24, 2.45) is 5.92 Å². The van der Waals surface area contributed by atoms with Gasteiger partial charge in [0, 0.05) is 17.8 Å². The number of nitrogens with zero attached hydrogens (tertiary/aromatic N) is 2. The summed E-state index contributed by atoms with van der Waals surface area (Å²) in [6.45, 7) is 13.6. The van der Waals surface area contributed by atoms with Gasteiger partial charge < -0.3 is 5.32 Å². The molecule has 1 aromatic heterocycles. The van der Waals surface area contributed by atoms with Gasteiger partial charge in [-0.2, -0.15) is 13.2 Å². The van der Waals surface area contributed by atoms with E-state index < -0.39 is 11.7 Å². The molecule has 1 heterocycles. The van der Waals surface area contributed by atoms with Gasteiger partial charge >= 0.3 is 6.18 Å². The minimum atomic E-state index is -4.53. The highest BCUT2D eigenvalue weighted by Crippen LogP contribution is 2.36. The van der Waals surface area contributed by atoms with Crippen molar-refractivity contribution in [1.29, 1.82) is 0 Å². The largest absolute Gasteiger partial charge is 0.419 e. The maximum Gasteiger partial charge on any atom is 0.419 e. The van der Waals surface area contributed by atoms with Crippen LogP contribution in [-0.4, -0.2) is 16.0 Å². The van der Waals surface area contributed by atoms with Gasteiger partial charge in [-0.25, -0.2) is 9.97 Å². The second kappa shape index (κ2) is 11.7. The number of hydrogen-bond donors (Lipinski definition) is 1. The molecule has 1 fully saturated rings. The number of halogens is 3. The summed E-state index contributed by atoms with van der Waals surface area (Å²) in [4.78, 5) is 8.04. The Balaban J connectivity index is 0.00000235. The molecule has 0 amide bonds. The lowest BCUT2D eigenvalue weighted by atomic mass is 9.93. The quantitative estimate of drug-likeness (QED) is 0.512. The highest BCUT2D eigenvalue weighted by atomic mass is 19.4. The second-order valence-electron chi connectivity index (χ2n) is 6.56. The van der Waals surface area contributed by atoms with Crippen LogP contribution in [0.15, 0.2) is 36.6 Å². The highest BCUT2D eigenvalue weighted by Gasteiger charge is 2.36. The van der Waals surface area contributed by atoms with E-state index in [1.807, 2.05) is 33.8 Å². The van der Waals surface area contributed by atoms with Gasteiger partial charge in [0.05, 0.1) is 5.69 Å². The zero-order valence-electron chi connectivity index (χ0n) is 16.8. The van der Waals surface area contributed by atoms with Gasteiger partial charge in [0.2, 0.25) is 5.95 Å².